The summed E-state index contributed by atoms with van der Waals surface area (Å²) >= 11 is 0. The van der Waals surface area contributed by atoms with Crippen molar-refractivity contribution in [2.24, 2.45) is 11.3 Å². The highest BCUT2D eigenvalue weighted by Gasteiger charge is 2.41. The first-order valence-electron chi connectivity index (χ1n) is 7.18. The minimum Gasteiger partial charge on any atom is -0.384 e. The Labute approximate surface area is 110 Å². The second kappa shape index (κ2) is 6.02. The van der Waals surface area contributed by atoms with E-state index in [-0.39, 0.29) is 11.3 Å². The Hall–Kier alpha value is -0.610. The maximum Gasteiger partial charge on any atom is 0.228 e. The third-order valence-corrected chi connectivity index (χ3v) is 4.64. The van der Waals surface area contributed by atoms with Gasteiger partial charge >= 0.3 is 0 Å². The monoisotopic (exact) mass is 254 g/mol. The van der Waals surface area contributed by atoms with Crippen LogP contribution in [0.4, 0.5) is 0 Å². The van der Waals surface area contributed by atoms with Crippen LogP contribution in [0, 0.1) is 11.3 Å². The predicted molar refractivity (Wildman–Crippen MR) is 71.4 cm³/mol. The average Bonchev–Trinajstić information content (AvgIpc) is 2.76. The molecule has 4 nitrogen and oxygen atoms in total. The van der Waals surface area contributed by atoms with Crippen LogP contribution in [0.15, 0.2) is 0 Å². The van der Waals surface area contributed by atoms with Crippen LogP contribution in [-0.2, 0) is 9.53 Å². The van der Waals surface area contributed by atoms with E-state index in [2.05, 4.69) is 17.6 Å². The highest BCUT2D eigenvalue weighted by atomic mass is 16.5. The molecule has 2 unspecified atom stereocenters. The van der Waals surface area contributed by atoms with Gasteiger partial charge in [0.25, 0.3) is 0 Å². The predicted octanol–water partition coefficient (Wildman–Crippen LogP) is 1.31. The van der Waals surface area contributed by atoms with Crippen molar-refractivity contribution in [3.63, 3.8) is 0 Å². The zero-order chi connectivity index (χ0) is 13.0. The van der Waals surface area contributed by atoms with Gasteiger partial charge in [-0.15, -0.1) is 0 Å². The smallest absolute Gasteiger partial charge is 0.228 e. The Morgan fingerprint density at radius 3 is 2.67 bits per heavy atom. The molecule has 18 heavy (non-hydrogen) atoms. The summed E-state index contributed by atoms with van der Waals surface area (Å²) in [7, 11) is 1.69. The Bertz CT molecular complexity index is 282. The molecule has 2 atom stereocenters. The van der Waals surface area contributed by atoms with Gasteiger partial charge in [-0.3, -0.25) is 4.79 Å². The Kier molecular flexibility index (Phi) is 4.62. The molecule has 104 valence electrons. The van der Waals surface area contributed by atoms with Crippen molar-refractivity contribution in [1.82, 2.24) is 10.6 Å². The highest BCUT2D eigenvalue weighted by molar-refractivity contribution is 5.83. The zero-order valence-corrected chi connectivity index (χ0v) is 11.6. The summed E-state index contributed by atoms with van der Waals surface area (Å²) in [6, 6.07) is 0.376. The fourth-order valence-corrected chi connectivity index (χ4v) is 3.30. The van der Waals surface area contributed by atoms with Crippen LogP contribution in [0.25, 0.3) is 0 Å². The van der Waals surface area contributed by atoms with E-state index in [4.69, 9.17) is 4.74 Å². The minimum absolute atomic E-state index is 0.213. The first kappa shape index (κ1) is 13.8. The molecule has 0 bridgehead atoms. The molecule has 2 rings (SSSR count). The number of carbonyl (C=O) groups excluding carboxylic acids is 1. The van der Waals surface area contributed by atoms with E-state index in [9.17, 15) is 4.79 Å². The second-order valence-corrected chi connectivity index (χ2v) is 5.95. The number of piperidine rings is 1. The second-order valence-electron chi connectivity index (χ2n) is 5.95. The van der Waals surface area contributed by atoms with Gasteiger partial charge < -0.3 is 15.4 Å². The van der Waals surface area contributed by atoms with Gasteiger partial charge in [0.15, 0.2) is 0 Å². The summed E-state index contributed by atoms with van der Waals surface area (Å²) in [5, 5.41) is 6.60. The fraction of sp³-hybridized carbons (Fsp3) is 0.929. The van der Waals surface area contributed by atoms with Crippen LogP contribution in [0.2, 0.25) is 0 Å². The summed E-state index contributed by atoms with van der Waals surface area (Å²) in [4.78, 5) is 12.6. The van der Waals surface area contributed by atoms with Gasteiger partial charge in [-0.1, -0.05) is 13.3 Å². The number of methoxy groups -OCH3 is 1. The van der Waals surface area contributed by atoms with Crippen LogP contribution in [0.5, 0.6) is 0 Å². The van der Waals surface area contributed by atoms with Crippen LogP contribution in [-0.4, -0.2) is 38.8 Å². The number of nitrogens with one attached hydrogen (secondary N) is 2. The molecule has 0 aromatic carbocycles. The lowest BCUT2D eigenvalue weighted by Crippen LogP contribution is -2.52. The van der Waals surface area contributed by atoms with E-state index in [1.807, 2.05) is 0 Å². The molecular weight excluding hydrogens is 228 g/mol. The van der Waals surface area contributed by atoms with Gasteiger partial charge in [0.05, 0.1) is 12.0 Å². The average molecular weight is 254 g/mol. The SMILES string of the molecule is COCC1(C(=O)NC2CCCC2C)CCNCC1. The third kappa shape index (κ3) is 2.86. The van der Waals surface area contributed by atoms with Gasteiger partial charge in [-0.2, -0.15) is 0 Å². The standard InChI is InChI=1S/C14H26N2O2/c1-11-4-3-5-12(11)16-13(17)14(10-18-2)6-8-15-9-7-14/h11-12,15H,3-10H2,1-2H3,(H,16,17). The molecule has 4 heteroatoms. The summed E-state index contributed by atoms with van der Waals surface area (Å²) in [6.07, 6.45) is 5.38. The van der Waals surface area contributed by atoms with E-state index in [0.29, 0.717) is 18.6 Å². The van der Waals surface area contributed by atoms with E-state index in [1.54, 1.807) is 7.11 Å². The summed E-state index contributed by atoms with van der Waals surface area (Å²) in [5.41, 5.74) is -0.303. The quantitative estimate of drug-likeness (QED) is 0.795. The van der Waals surface area contributed by atoms with E-state index < -0.39 is 0 Å². The summed E-state index contributed by atoms with van der Waals surface area (Å²) < 4.78 is 5.31. The molecule has 0 spiro atoms. The summed E-state index contributed by atoms with van der Waals surface area (Å²) in [6.45, 7) is 4.61. The third-order valence-electron chi connectivity index (χ3n) is 4.64. The number of amides is 1. The lowest BCUT2D eigenvalue weighted by Gasteiger charge is -2.36. The van der Waals surface area contributed by atoms with Crippen molar-refractivity contribution in [3.05, 3.63) is 0 Å². The lowest BCUT2D eigenvalue weighted by atomic mass is 9.78. The molecule has 2 aliphatic rings. The largest absolute Gasteiger partial charge is 0.384 e. The number of hydrogen-bond acceptors (Lipinski definition) is 3. The van der Waals surface area contributed by atoms with E-state index in [0.717, 1.165) is 32.4 Å². The molecule has 2 N–H and O–H groups in total. The topological polar surface area (TPSA) is 50.4 Å². The molecule has 1 amide bonds. The molecule has 0 aromatic rings. The molecule has 1 heterocycles. The van der Waals surface area contributed by atoms with Gasteiger partial charge in [-0.25, -0.2) is 0 Å². The Balaban J connectivity index is 1.98. The lowest BCUT2D eigenvalue weighted by molar-refractivity contribution is -0.137. The zero-order valence-electron chi connectivity index (χ0n) is 11.6. The number of ether oxygens (including phenoxy) is 1. The van der Waals surface area contributed by atoms with Crippen molar-refractivity contribution in [1.29, 1.82) is 0 Å². The van der Waals surface area contributed by atoms with Gasteiger partial charge in [0, 0.05) is 13.2 Å². The number of carbonyl (C=O) groups is 1. The molecule has 1 aliphatic heterocycles. The molecule has 0 radical (unpaired) electrons. The normalized spacial score (nSPS) is 31.2. The number of hydrogen-bond donors (Lipinski definition) is 2. The first-order valence-corrected chi connectivity index (χ1v) is 7.18. The van der Waals surface area contributed by atoms with E-state index >= 15 is 0 Å². The van der Waals surface area contributed by atoms with Gasteiger partial charge in [-0.05, 0) is 44.7 Å². The first-order chi connectivity index (χ1) is 8.68. The highest BCUT2D eigenvalue weighted by Crippen LogP contribution is 2.31. The van der Waals surface area contributed by atoms with Crippen molar-refractivity contribution in [2.75, 3.05) is 26.8 Å². The van der Waals surface area contributed by atoms with Gasteiger partial charge in [0.2, 0.25) is 5.91 Å². The van der Waals surface area contributed by atoms with Crippen molar-refractivity contribution in [3.8, 4) is 0 Å². The molecule has 1 saturated heterocycles. The molecule has 2 fully saturated rings. The fourth-order valence-electron chi connectivity index (χ4n) is 3.30. The Morgan fingerprint density at radius 1 is 1.39 bits per heavy atom. The van der Waals surface area contributed by atoms with Crippen LogP contribution in [0.1, 0.15) is 39.0 Å². The molecule has 1 aliphatic carbocycles. The van der Waals surface area contributed by atoms with E-state index in [1.165, 1.54) is 12.8 Å². The van der Waals surface area contributed by atoms with Crippen molar-refractivity contribution >= 4 is 5.91 Å². The van der Waals surface area contributed by atoms with Crippen molar-refractivity contribution < 1.29 is 9.53 Å². The Morgan fingerprint density at radius 2 is 2.11 bits per heavy atom. The van der Waals surface area contributed by atoms with Crippen molar-refractivity contribution in [2.45, 2.75) is 45.1 Å². The van der Waals surface area contributed by atoms with Gasteiger partial charge in [0.1, 0.15) is 0 Å². The molecular formula is C14H26N2O2. The molecule has 1 saturated carbocycles. The maximum absolute atomic E-state index is 12.6. The molecule has 0 aromatic heterocycles. The maximum atomic E-state index is 12.6. The van der Waals surface area contributed by atoms with Crippen LogP contribution >= 0.6 is 0 Å². The number of rotatable bonds is 4. The van der Waals surface area contributed by atoms with Crippen LogP contribution < -0.4 is 10.6 Å². The minimum atomic E-state index is -0.303. The summed E-state index contributed by atoms with van der Waals surface area (Å²) in [5.74, 6) is 0.833. The van der Waals surface area contributed by atoms with Crippen LogP contribution in [0.3, 0.4) is 0 Å².